The molecule has 0 bridgehead atoms. The Hall–Kier alpha value is -1.69. The third-order valence-electron chi connectivity index (χ3n) is 3.81. The second kappa shape index (κ2) is 5.97. The average molecular weight is 306 g/mol. The zero-order valence-corrected chi connectivity index (χ0v) is 12.5. The van der Waals surface area contributed by atoms with Gasteiger partial charge in [-0.1, -0.05) is 18.2 Å². The zero-order chi connectivity index (χ0) is 14.7. The molecule has 2 saturated heterocycles. The summed E-state index contributed by atoms with van der Waals surface area (Å²) in [7, 11) is 0. The van der Waals surface area contributed by atoms with Gasteiger partial charge in [-0.25, -0.2) is 4.79 Å². The lowest BCUT2D eigenvalue weighted by atomic mass is 9.99. The maximum Gasteiger partial charge on any atom is 0.325 e. The summed E-state index contributed by atoms with van der Waals surface area (Å²) >= 11 is 1.72. The number of rotatable bonds is 5. The van der Waals surface area contributed by atoms with E-state index in [1.807, 2.05) is 30.3 Å². The summed E-state index contributed by atoms with van der Waals surface area (Å²) in [6.45, 7) is 0.896. The third kappa shape index (κ3) is 2.85. The Balaban J connectivity index is 1.49. The molecule has 21 heavy (non-hydrogen) atoms. The van der Waals surface area contributed by atoms with E-state index in [0.29, 0.717) is 25.3 Å². The van der Waals surface area contributed by atoms with E-state index >= 15 is 0 Å². The molecule has 6 heteroatoms. The number of imide groups is 1. The Morgan fingerprint density at radius 2 is 2.10 bits per heavy atom. The molecule has 0 saturated carbocycles. The van der Waals surface area contributed by atoms with Crippen molar-refractivity contribution in [3.63, 3.8) is 0 Å². The predicted octanol–water partition coefficient (Wildman–Crippen LogP) is 1.88. The minimum Gasteiger partial charge on any atom is -0.494 e. The number of amides is 3. The smallest absolute Gasteiger partial charge is 0.325 e. The van der Waals surface area contributed by atoms with Crippen LogP contribution in [0.5, 0.6) is 5.75 Å². The Morgan fingerprint density at radius 3 is 2.81 bits per heavy atom. The molecule has 0 aromatic heterocycles. The van der Waals surface area contributed by atoms with E-state index in [1.54, 1.807) is 11.8 Å². The SMILES string of the molecule is O=C1NC2(CCSC2)C(=O)N1CCCOc1ccccc1. The number of para-hydroxylation sites is 1. The van der Waals surface area contributed by atoms with E-state index < -0.39 is 5.54 Å². The Morgan fingerprint density at radius 1 is 1.29 bits per heavy atom. The van der Waals surface area contributed by atoms with Gasteiger partial charge in [0, 0.05) is 12.3 Å². The van der Waals surface area contributed by atoms with Gasteiger partial charge in [0.15, 0.2) is 0 Å². The molecule has 3 rings (SSSR count). The van der Waals surface area contributed by atoms with Gasteiger partial charge in [-0.15, -0.1) is 0 Å². The summed E-state index contributed by atoms with van der Waals surface area (Å²) in [6, 6.07) is 9.26. The van der Waals surface area contributed by atoms with Crippen LogP contribution < -0.4 is 10.1 Å². The molecule has 2 aliphatic rings. The minimum atomic E-state index is -0.637. The number of ether oxygens (including phenoxy) is 1. The number of carbonyl (C=O) groups excluding carboxylic acids is 2. The maximum atomic E-state index is 12.4. The molecule has 0 aliphatic carbocycles. The van der Waals surface area contributed by atoms with E-state index in [4.69, 9.17) is 4.74 Å². The van der Waals surface area contributed by atoms with Crippen molar-refractivity contribution in [2.75, 3.05) is 24.7 Å². The normalized spacial score (nSPS) is 24.7. The van der Waals surface area contributed by atoms with Crippen LogP contribution in [0.2, 0.25) is 0 Å². The monoisotopic (exact) mass is 306 g/mol. The molecule has 2 aliphatic heterocycles. The van der Waals surface area contributed by atoms with E-state index in [2.05, 4.69) is 5.32 Å². The van der Waals surface area contributed by atoms with Crippen LogP contribution >= 0.6 is 11.8 Å². The quantitative estimate of drug-likeness (QED) is 0.666. The van der Waals surface area contributed by atoms with Crippen molar-refractivity contribution in [2.45, 2.75) is 18.4 Å². The van der Waals surface area contributed by atoms with Crippen molar-refractivity contribution in [3.05, 3.63) is 30.3 Å². The zero-order valence-electron chi connectivity index (χ0n) is 11.7. The fourth-order valence-electron chi connectivity index (χ4n) is 2.64. The van der Waals surface area contributed by atoms with Gasteiger partial charge >= 0.3 is 6.03 Å². The molecule has 1 spiro atoms. The highest BCUT2D eigenvalue weighted by molar-refractivity contribution is 7.99. The van der Waals surface area contributed by atoms with Crippen molar-refractivity contribution in [1.82, 2.24) is 10.2 Å². The van der Waals surface area contributed by atoms with Crippen LogP contribution in [0.1, 0.15) is 12.8 Å². The number of carbonyl (C=O) groups is 2. The first-order chi connectivity index (χ1) is 10.2. The van der Waals surface area contributed by atoms with Gasteiger partial charge < -0.3 is 10.1 Å². The Labute approximate surface area is 128 Å². The van der Waals surface area contributed by atoms with Gasteiger partial charge in [-0.2, -0.15) is 11.8 Å². The van der Waals surface area contributed by atoms with Gasteiger partial charge in [0.1, 0.15) is 11.3 Å². The second-order valence-corrected chi connectivity index (χ2v) is 6.39. The summed E-state index contributed by atoms with van der Waals surface area (Å²) in [4.78, 5) is 25.7. The molecule has 3 amide bonds. The number of thioether (sulfide) groups is 1. The highest BCUT2D eigenvalue weighted by Gasteiger charge is 2.52. The lowest BCUT2D eigenvalue weighted by molar-refractivity contribution is -0.130. The lowest BCUT2D eigenvalue weighted by Crippen LogP contribution is -2.47. The number of urea groups is 1. The van der Waals surface area contributed by atoms with Gasteiger partial charge in [-0.05, 0) is 30.7 Å². The standard InChI is InChI=1S/C15H18N2O3S/c18-13-15(7-10-21-11-15)16-14(19)17(13)8-4-9-20-12-5-2-1-3-6-12/h1-3,5-6H,4,7-11H2,(H,16,19). The fourth-order valence-corrected chi connectivity index (χ4v) is 3.97. The first kappa shape index (κ1) is 14.3. The molecule has 2 fully saturated rings. The summed E-state index contributed by atoms with van der Waals surface area (Å²) in [5, 5.41) is 2.86. The Kier molecular flexibility index (Phi) is 4.05. The molecule has 5 nitrogen and oxygen atoms in total. The third-order valence-corrected chi connectivity index (χ3v) is 5.00. The van der Waals surface area contributed by atoms with Crippen molar-refractivity contribution in [1.29, 1.82) is 0 Å². The van der Waals surface area contributed by atoms with E-state index in [-0.39, 0.29) is 11.9 Å². The lowest BCUT2D eigenvalue weighted by Gasteiger charge is -2.19. The second-order valence-electron chi connectivity index (χ2n) is 5.29. The maximum absolute atomic E-state index is 12.4. The summed E-state index contributed by atoms with van der Waals surface area (Å²) in [5.41, 5.74) is -0.637. The fraction of sp³-hybridized carbons (Fsp3) is 0.467. The average Bonchev–Trinajstić information content (AvgIpc) is 3.05. The van der Waals surface area contributed by atoms with Crippen LogP contribution in [0.4, 0.5) is 4.79 Å². The van der Waals surface area contributed by atoms with Crippen LogP contribution in [-0.4, -0.2) is 47.0 Å². The van der Waals surface area contributed by atoms with Crippen LogP contribution in [0.25, 0.3) is 0 Å². The molecule has 1 aromatic carbocycles. The van der Waals surface area contributed by atoms with Crippen LogP contribution in [0.15, 0.2) is 30.3 Å². The van der Waals surface area contributed by atoms with Crippen LogP contribution in [-0.2, 0) is 4.79 Å². The first-order valence-corrected chi connectivity index (χ1v) is 8.26. The molecular weight excluding hydrogens is 288 g/mol. The van der Waals surface area contributed by atoms with Gasteiger partial charge in [0.2, 0.25) is 0 Å². The van der Waals surface area contributed by atoms with Crippen molar-refractivity contribution in [2.24, 2.45) is 0 Å². The predicted molar refractivity (Wildman–Crippen MR) is 81.5 cm³/mol. The highest BCUT2D eigenvalue weighted by atomic mass is 32.2. The number of benzene rings is 1. The van der Waals surface area contributed by atoms with E-state index in [1.165, 1.54) is 4.90 Å². The number of hydrogen-bond acceptors (Lipinski definition) is 4. The molecular formula is C15H18N2O3S. The summed E-state index contributed by atoms with van der Waals surface area (Å²) < 4.78 is 5.58. The molecule has 1 atom stereocenters. The molecule has 1 unspecified atom stereocenters. The van der Waals surface area contributed by atoms with Gasteiger partial charge in [0.25, 0.3) is 5.91 Å². The Bertz CT molecular complexity index is 529. The molecule has 112 valence electrons. The van der Waals surface area contributed by atoms with Gasteiger partial charge in [-0.3, -0.25) is 9.69 Å². The molecule has 0 radical (unpaired) electrons. The number of nitrogens with zero attached hydrogens (tertiary/aromatic N) is 1. The van der Waals surface area contributed by atoms with Crippen LogP contribution in [0, 0.1) is 0 Å². The minimum absolute atomic E-state index is 0.0720. The topological polar surface area (TPSA) is 58.6 Å². The molecule has 2 heterocycles. The van der Waals surface area contributed by atoms with Crippen LogP contribution in [0.3, 0.4) is 0 Å². The molecule has 1 N–H and O–H groups in total. The largest absolute Gasteiger partial charge is 0.494 e. The van der Waals surface area contributed by atoms with Crippen molar-refractivity contribution < 1.29 is 14.3 Å². The summed E-state index contributed by atoms with van der Waals surface area (Å²) in [6.07, 6.45) is 1.37. The summed E-state index contributed by atoms with van der Waals surface area (Å²) in [5.74, 6) is 2.35. The van der Waals surface area contributed by atoms with Crippen molar-refractivity contribution >= 4 is 23.7 Å². The van der Waals surface area contributed by atoms with E-state index in [0.717, 1.165) is 17.9 Å². The molecule has 1 aromatic rings. The van der Waals surface area contributed by atoms with E-state index in [9.17, 15) is 9.59 Å². The number of hydrogen-bond donors (Lipinski definition) is 1. The van der Waals surface area contributed by atoms with Gasteiger partial charge in [0.05, 0.1) is 6.61 Å². The van der Waals surface area contributed by atoms with Crippen molar-refractivity contribution in [3.8, 4) is 5.75 Å². The first-order valence-electron chi connectivity index (χ1n) is 7.11. The highest BCUT2D eigenvalue weighted by Crippen LogP contribution is 2.33. The number of nitrogens with one attached hydrogen (secondary N) is 1.